The van der Waals surface area contributed by atoms with Crippen LogP contribution in [0.25, 0.3) is 0 Å². The number of likely N-dealkylation sites (tertiary alicyclic amines) is 1. The van der Waals surface area contributed by atoms with Gasteiger partial charge in [0.25, 0.3) is 0 Å². The minimum absolute atomic E-state index is 0.536. The molecule has 0 aliphatic carbocycles. The van der Waals surface area contributed by atoms with Crippen LogP contribution in [0.4, 0.5) is 11.5 Å². The summed E-state index contributed by atoms with van der Waals surface area (Å²) in [5.41, 5.74) is 6.47. The highest BCUT2D eigenvalue weighted by Crippen LogP contribution is 2.21. The van der Waals surface area contributed by atoms with E-state index in [1.54, 1.807) is 0 Å². The zero-order valence-corrected chi connectivity index (χ0v) is 13.3. The highest BCUT2D eigenvalue weighted by atomic mass is 16.5. The highest BCUT2D eigenvalue weighted by molar-refractivity contribution is 5.53. The zero-order chi connectivity index (χ0) is 15.1. The van der Waals surface area contributed by atoms with Gasteiger partial charge in [0.2, 0.25) is 5.88 Å². The second-order valence-corrected chi connectivity index (χ2v) is 5.93. The molecular weight excluding hydrogens is 264 g/mol. The summed E-state index contributed by atoms with van der Waals surface area (Å²) in [5, 5.41) is 3.39. The molecule has 1 fully saturated rings. The van der Waals surface area contributed by atoms with E-state index in [2.05, 4.69) is 29.0 Å². The van der Waals surface area contributed by atoms with E-state index >= 15 is 0 Å². The maximum absolute atomic E-state index is 5.87. The van der Waals surface area contributed by atoms with Crippen LogP contribution in [0, 0.1) is 5.92 Å². The largest absolute Gasteiger partial charge is 0.476 e. The summed E-state index contributed by atoms with van der Waals surface area (Å²) in [4.78, 5) is 6.98. The van der Waals surface area contributed by atoms with Crippen molar-refractivity contribution in [3.05, 3.63) is 12.1 Å². The fourth-order valence-electron chi connectivity index (χ4n) is 2.61. The molecule has 21 heavy (non-hydrogen) atoms. The van der Waals surface area contributed by atoms with Crippen LogP contribution in [0.3, 0.4) is 0 Å². The molecule has 1 aliphatic heterocycles. The first-order valence-electron chi connectivity index (χ1n) is 8.04. The third-order valence-corrected chi connectivity index (χ3v) is 3.73. The number of ether oxygens (including phenoxy) is 1. The molecule has 2 heterocycles. The Morgan fingerprint density at radius 3 is 2.86 bits per heavy atom. The van der Waals surface area contributed by atoms with Crippen LogP contribution in [0.1, 0.15) is 33.1 Å². The van der Waals surface area contributed by atoms with Gasteiger partial charge in [-0.3, -0.25) is 0 Å². The van der Waals surface area contributed by atoms with Crippen molar-refractivity contribution in [3.8, 4) is 5.88 Å². The Morgan fingerprint density at radius 1 is 1.38 bits per heavy atom. The number of nitrogens with two attached hydrogens (primary N) is 1. The van der Waals surface area contributed by atoms with Gasteiger partial charge in [0.05, 0.1) is 12.3 Å². The van der Waals surface area contributed by atoms with Gasteiger partial charge >= 0.3 is 0 Å². The monoisotopic (exact) mass is 292 g/mol. The predicted octanol–water partition coefficient (Wildman–Crippen LogP) is 2.60. The van der Waals surface area contributed by atoms with Crippen molar-refractivity contribution in [3.63, 3.8) is 0 Å². The number of nitrogens with one attached hydrogen (secondary N) is 1. The molecule has 1 aromatic heterocycles. The number of anilines is 2. The zero-order valence-electron chi connectivity index (χ0n) is 13.3. The molecule has 1 aliphatic rings. The molecule has 0 radical (unpaired) electrons. The molecule has 5 heteroatoms. The molecule has 1 unspecified atom stereocenters. The van der Waals surface area contributed by atoms with Crippen LogP contribution in [0.5, 0.6) is 5.88 Å². The van der Waals surface area contributed by atoms with Gasteiger partial charge in [0.1, 0.15) is 5.82 Å². The Kier molecular flexibility index (Phi) is 6.11. The van der Waals surface area contributed by atoms with Crippen molar-refractivity contribution in [2.75, 3.05) is 43.8 Å². The summed E-state index contributed by atoms with van der Waals surface area (Å²) >= 11 is 0. The average molecular weight is 292 g/mol. The maximum atomic E-state index is 5.87. The molecule has 0 aromatic carbocycles. The van der Waals surface area contributed by atoms with Gasteiger partial charge < -0.3 is 20.7 Å². The fraction of sp³-hybridized carbons (Fsp3) is 0.688. The standard InChI is InChI=1S/C16H28N4O/c1-3-10-21-16-14(17)6-7-15(19-16)18-11-13(2)12-20-8-4-5-9-20/h6-7,13H,3-5,8-12,17H2,1-2H3,(H,18,19). The normalized spacial score (nSPS) is 16.9. The first-order valence-corrected chi connectivity index (χ1v) is 8.04. The second-order valence-electron chi connectivity index (χ2n) is 5.93. The lowest BCUT2D eigenvalue weighted by Gasteiger charge is -2.20. The lowest BCUT2D eigenvalue weighted by Crippen LogP contribution is -2.29. The number of hydrogen-bond acceptors (Lipinski definition) is 5. The van der Waals surface area contributed by atoms with E-state index in [1.807, 2.05) is 12.1 Å². The number of nitrogen functional groups attached to an aromatic ring is 1. The van der Waals surface area contributed by atoms with Crippen molar-refractivity contribution in [1.82, 2.24) is 9.88 Å². The topological polar surface area (TPSA) is 63.4 Å². The summed E-state index contributed by atoms with van der Waals surface area (Å²) in [6, 6.07) is 3.77. The van der Waals surface area contributed by atoms with E-state index in [9.17, 15) is 0 Å². The first-order chi connectivity index (χ1) is 10.2. The second kappa shape index (κ2) is 8.08. The van der Waals surface area contributed by atoms with Crippen LogP contribution >= 0.6 is 0 Å². The van der Waals surface area contributed by atoms with E-state index in [0.29, 0.717) is 24.1 Å². The van der Waals surface area contributed by atoms with Crippen LogP contribution in [0.15, 0.2) is 12.1 Å². The first kappa shape index (κ1) is 15.9. The van der Waals surface area contributed by atoms with Crippen molar-refractivity contribution in [2.45, 2.75) is 33.1 Å². The van der Waals surface area contributed by atoms with Crippen molar-refractivity contribution in [1.29, 1.82) is 0 Å². The van der Waals surface area contributed by atoms with Gasteiger partial charge in [-0.2, -0.15) is 4.98 Å². The highest BCUT2D eigenvalue weighted by Gasteiger charge is 2.14. The number of pyridine rings is 1. The Hall–Kier alpha value is -1.49. The molecule has 3 N–H and O–H groups in total. The molecule has 118 valence electrons. The molecule has 5 nitrogen and oxygen atoms in total. The Bertz CT molecular complexity index is 432. The smallest absolute Gasteiger partial charge is 0.239 e. The molecule has 0 amide bonds. The number of rotatable bonds is 8. The summed E-state index contributed by atoms with van der Waals surface area (Å²) in [7, 11) is 0. The van der Waals surface area contributed by atoms with E-state index in [0.717, 1.165) is 25.3 Å². The van der Waals surface area contributed by atoms with Gasteiger partial charge in [0, 0.05) is 13.1 Å². The Labute approximate surface area is 127 Å². The quantitative estimate of drug-likeness (QED) is 0.771. The summed E-state index contributed by atoms with van der Waals surface area (Å²) < 4.78 is 5.56. The summed E-state index contributed by atoms with van der Waals surface area (Å²) in [5.74, 6) is 1.97. The van der Waals surface area contributed by atoms with E-state index in [4.69, 9.17) is 10.5 Å². The van der Waals surface area contributed by atoms with Crippen molar-refractivity contribution < 1.29 is 4.74 Å². The molecule has 1 aromatic rings. The van der Waals surface area contributed by atoms with Gasteiger partial charge in [-0.25, -0.2) is 0 Å². The lowest BCUT2D eigenvalue weighted by atomic mass is 10.1. The van der Waals surface area contributed by atoms with Crippen molar-refractivity contribution >= 4 is 11.5 Å². The van der Waals surface area contributed by atoms with Crippen LogP contribution in [-0.4, -0.2) is 42.7 Å². The molecule has 0 bridgehead atoms. The Balaban J connectivity index is 1.81. The van der Waals surface area contributed by atoms with E-state index in [1.165, 1.54) is 25.9 Å². The minimum atomic E-state index is 0.536. The molecule has 1 saturated heterocycles. The molecule has 0 spiro atoms. The number of nitrogens with zero attached hydrogens (tertiary/aromatic N) is 2. The molecule has 1 atom stereocenters. The average Bonchev–Trinajstić information content (AvgIpc) is 2.98. The molecule has 2 rings (SSSR count). The molecule has 0 saturated carbocycles. The Morgan fingerprint density at radius 2 is 2.14 bits per heavy atom. The van der Waals surface area contributed by atoms with Crippen LogP contribution in [0.2, 0.25) is 0 Å². The number of hydrogen-bond donors (Lipinski definition) is 2. The predicted molar refractivity (Wildman–Crippen MR) is 87.8 cm³/mol. The van der Waals surface area contributed by atoms with Gasteiger partial charge in [0.15, 0.2) is 0 Å². The van der Waals surface area contributed by atoms with Gasteiger partial charge in [-0.15, -0.1) is 0 Å². The van der Waals surface area contributed by atoms with Crippen LogP contribution < -0.4 is 15.8 Å². The lowest BCUT2D eigenvalue weighted by molar-refractivity contribution is 0.294. The third-order valence-electron chi connectivity index (χ3n) is 3.73. The SMILES string of the molecule is CCCOc1nc(NCC(C)CN2CCCC2)ccc1N. The van der Waals surface area contributed by atoms with E-state index < -0.39 is 0 Å². The van der Waals surface area contributed by atoms with Crippen LogP contribution in [-0.2, 0) is 0 Å². The van der Waals surface area contributed by atoms with E-state index in [-0.39, 0.29) is 0 Å². The minimum Gasteiger partial charge on any atom is -0.476 e. The molecular formula is C16H28N4O. The van der Waals surface area contributed by atoms with Gasteiger partial charge in [-0.05, 0) is 50.4 Å². The van der Waals surface area contributed by atoms with Crippen molar-refractivity contribution in [2.24, 2.45) is 5.92 Å². The maximum Gasteiger partial charge on any atom is 0.239 e. The third kappa shape index (κ3) is 5.08. The van der Waals surface area contributed by atoms with Gasteiger partial charge in [-0.1, -0.05) is 13.8 Å². The number of aromatic nitrogens is 1. The summed E-state index contributed by atoms with van der Waals surface area (Å²) in [6.45, 7) is 9.56. The summed E-state index contributed by atoms with van der Waals surface area (Å²) in [6.07, 6.45) is 3.64. The fourth-order valence-corrected chi connectivity index (χ4v) is 2.61.